The van der Waals surface area contributed by atoms with E-state index in [4.69, 9.17) is 5.11 Å². The van der Waals surface area contributed by atoms with Crippen molar-refractivity contribution in [2.24, 2.45) is 5.92 Å². The van der Waals surface area contributed by atoms with Gasteiger partial charge in [0.1, 0.15) is 0 Å². The molecular formula is C12H20N2O4. The molecule has 0 saturated carbocycles. The summed E-state index contributed by atoms with van der Waals surface area (Å²) in [4.78, 5) is 35.4. The highest BCUT2D eigenvalue weighted by Gasteiger charge is 2.35. The number of rotatable bonds is 5. The van der Waals surface area contributed by atoms with E-state index < -0.39 is 11.9 Å². The van der Waals surface area contributed by atoms with Gasteiger partial charge in [-0.05, 0) is 20.3 Å². The molecule has 2 amide bonds. The number of carbonyl (C=O) groups excluding carboxylic acids is 2. The summed E-state index contributed by atoms with van der Waals surface area (Å²) in [5.41, 5.74) is -0.313. The van der Waals surface area contributed by atoms with Crippen molar-refractivity contribution < 1.29 is 19.5 Å². The van der Waals surface area contributed by atoms with E-state index in [1.54, 1.807) is 0 Å². The number of hydrogen-bond donors (Lipinski definition) is 2. The van der Waals surface area contributed by atoms with Gasteiger partial charge in [-0.3, -0.25) is 14.4 Å². The van der Waals surface area contributed by atoms with Gasteiger partial charge in [-0.15, -0.1) is 0 Å². The first-order chi connectivity index (χ1) is 8.25. The van der Waals surface area contributed by atoms with Gasteiger partial charge in [-0.25, -0.2) is 0 Å². The second-order valence-corrected chi connectivity index (χ2v) is 5.30. The van der Waals surface area contributed by atoms with Crippen LogP contribution in [0.15, 0.2) is 0 Å². The highest BCUT2D eigenvalue weighted by molar-refractivity contribution is 5.90. The second kappa shape index (κ2) is 5.37. The van der Waals surface area contributed by atoms with Crippen LogP contribution in [-0.4, -0.2) is 46.4 Å². The highest BCUT2D eigenvalue weighted by Crippen LogP contribution is 2.17. The van der Waals surface area contributed by atoms with Crippen LogP contribution in [0.3, 0.4) is 0 Å². The Labute approximate surface area is 106 Å². The molecule has 6 heteroatoms. The summed E-state index contributed by atoms with van der Waals surface area (Å²) < 4.78 is 0. The van der Waals surface area contributed by atoms with E-state index in [9.17, 15) is 14.4 Å². The molecule has 1 aliphatic heterocycles. The van der Waals surface area contributed by atoms with Crippen LogP contribution in [0.4, 0.5) is 0 Å². The first kappa shape index (κ1) is 14.5. The monoisotopic (exact) mass is 256 g/mol. The van der Waals surface area contributed by atoms with Crippen LogP contribution in [0, 0.1) is 5.92 Å². The third-order valence-electron chi connectivity index (χ3n) is 3.26. The highest BCUT2D eigenvalue weighted by atomic mass is 16.4. The molecule has 0 spiro atoms. The molecule has 1 saturated heterocycles. The minimum atomic E-state index is -0.986. The first-order valence-electron chi connectivity index (χ1n) is 6.06. The standard InChI is InChI=1S/C12H20N2O4/c1-4-12(2,3)13-9(15)7-14-6-8(11(17)18)5-10(14)16/h8H,4-7H2,1-3H3,(H,13,15)(H,17,18). The van der Waals surface area contributed by atoms with Crippen molar-refractivity contribution in [2.75, 3.05) is 13.1 Å². The molecule has 0 aromatic heterocycles. The average Bonchev–Trinajstić information content (AvgIpc) is 2.59. The van der Waals surface area contributed by atoms with Gasteiger partial charge in [-0.1, -0.05) is 6.92 Å². The summed E-state index contributed by atoms with van der Waals surface area (Å²) in [5, 5.41) is 11.6. The zero-order chi connectivity index (χ0) is 13.9. The van der Waals surface area contributed by atoms with E-state index in [1.165, 1.54) is 4.90 Å². The molecule has 0 aromatic rings. The molecule has 1 aliphatic rings. The number of hydrogen-bond acceptors (Lipinski definition) is 3. The van der Waals surface area contributed by atoms with E-state index in [0.29, 0.717) is 0 Å². The van der Waals surface area contributed by atoms with Crippen LogP contribution in [0.25, 0.3) is 0 Å². The van der Waals surface area contributed by atoms with Crippen molar-refractivity contribution in [2.45, 2.75) is 39.2 Å². The van der Waals surface area contributed by atoms with Crippen LogP contribution in [-0.2, 0) is 14.4 Å². The lowest BCUT2D eigenvalue weighted by atomic mass is 10.0. The molecule has 6 nitrogen and oxygen atoms in total. The summed E-state index contributed by atoms with van der Waals surface area (Å²) >= 11 is 0. The number of carboxylic acid groups (broad SMARTS) is 1. The Hall–Kier alpha value is -1.59. The summed E-state index contributed by atoms with van der Waals surface area (Å²) in [5.74, 6) is -2.20. The molecule has 2 N–H and O–H groups in total. The zero-order valence-electron chi connectivity index (χ0n) is 11.0. The summed E-state index contributed by atoms with van der Waals surface area (Å²) in [7, 11) is 0. The average molecular weight is 256 g/mol. The Morgan fingerprint density at radius 2 is 2.11 bits per heavy atom. The van der Waals surface area contributed by atoms with Crippen LogP contribution >= 0.6 is 0 Å². The number of nitrogens with one attached hydrogen (secondary N) is 1. The molecule has 0 aliphatic carbocycles. The quantitative estimate of drug-likeness (QED) is 0.737. The predicted octanol–water partition coefficient (Wildman–Crippen LogP) is 0.224. The molecule has 0 bridgehead atoms. The molecule has 18 heavy (non-hydrogen) atoms. The lowest BCUT2D eigenvalue weighted by Gasteiger charge is -2.26. The SMILES string of the molecule is CCC(C)(C)NC(=O)CN1CC(C(=O)O)CC1=O. The van der Waals surface area contributed by atoms with Gasteiger partial charge in [0.15, 0.2) is 0 Å². The van der Waals surface area contributed by atoms with Crippen LogP contribution in [0.1, 0.15) is 33.6 Å². The van der Waals surface area contributed by atoms with Crippen LogP contribution in [0.2, 0.25) is 0 Å². The maximum atomic E-state index is 11.7. The fourth-order valence-electron chi connectivity index (χ4n) is 1.77. The van der Waals surface area contributed by atoms with Gasteiger partial charge >= 0.3 is 5.97 Å². The van der Waals surface area contributed by atoms with E-state index >= 15 is 0 Å². The van der Waals surface area contributed by atoms with Crippen LogP contribution < -0.4 is 5.32 Å². The maximum absolute atomic E-state index is 11.7. The van der Waals surface area contributed by atoms with Crippen molar-refractivity contribution in [3.05, 3.63) is 0 Å². The molecule has 1 unspecified atom stereocenters. The largest absolute Gasteiger partial charge is 0.481 e. The van der Waals surface area contributed by atoms with E-state index in [0.717, 1.165) is 6.42 Å². The molecule has 1 atom stereocenters. The van der Waals surface area contributed by atoms with Crippen molar-refractivity contribution in [1.29, 1.82) is 0 Å². The lowest BCUT2D eigenvalue weighted by Crippen LogP contribution is -2.47. The predicted molar refractivity (Wildman–Crippen MR) is 64.8 cm³/mol. The van der Waals surface area contributed by atoms with Gasteiger partial charge in [-0.2, -0.15) is 0 Å². The summed E-state index contributed by atoms with van der Waals surface area (Å²) in [6, 6.07) is 0. The number of carboxylic acids is 1. The van der Waals surface area contributed by atoms with Crippen molar-refractivity contribution in [3.8, 4) is 0 Å². The van der Waals surface area contributed by atoms with Crippen molar-refractivity contribution in [1.82, 2.24) is 10.2 Å². The second-order valence-electron chi connectivity index (χ2n) is 5.30. The van der Waals surface area contributed by atoms with E-state index in [-0.39, 0.29) is 36.9 Å². The van der Waals surface area contributed by atoms with Gasteiger partial charge < -0.3 is 15.3 Å². The van der Waals surface area contributed by atoms with Crippen LogP contribution in [0.5, 0.6) is 0 Å². The van der Waals surface area contributed by atoms with Gasteiger partial charge in [0.2, 0.25) is 11.8 Å². The zero-order valence-corrected chi connectivity index (χ0v) is 11.0. The molecule has 0 aromatic carbocycles. The fraction of sp³-hybridized carbons (Fsp3) is 0.750. The van der Waals surface area contributed by atoms with Crippen molar-refractivity contribution >= 4 is 17.8 Å². The smallest absolute Gasteiger partial charge is 0.308 e. The topological polar surface area (TPSA) is 86.7 Å². The molecule has 1 fully saturated rings. The van der Waals surface area contributed by atoms with Gasteiger partial charge in [0, 0.05) is 18.5 Å². The molecule has 1 heterocycles. The third kappa shape index (κ3) is 3.72. The Morgan fingerprint density at radius 3 is 2.56 bits per heavy atom. The lowest BCUT2D eigenvalue weighted by molar-refractivity contribution is -0.141. The Kier molecular flexibility index (Phi) is 4.32. The van der Waals surface area contributed by atoms with Gasteiger partial charge in [0.05, 0.1) is 12.5 Å². The number of amides is 2. The Balaban J connectivity index is 2.51. The molecular weight excluding hydrogens is 236 g/mol. The number of aliphatic carboxylic acids is 1. The first-order valence-corrected chi connectivity index (χ1v) is 6.06. The Morgan fingerprint density at radius 1 is 1.50 bits per heavy atom. The number of nitrogens with zero attached hydrogens (tertiary/aromatic N) is 1. The molecule has 102 valence electrons. The number of likely N-dealkylation sites (tertiary alicyclic amines) is 1. The van der Waals surface area contributed by atoms with E-state index in [2.05, 4.69) is 5.32 Å². The number of carbonyl (C=O) groups is 3. The molecule has 1 rings (SSSR count). The van der Waals surface area contributed by atoms with E-state index in [1.807, 2.05) is 20.8 Å². The van der Waals surface area contributed by atoms with Crippen molar-refractivity contribution in [3.63, 3.8) is 0 Å². The third-order valence-corrected chi connectivity index (χ3v) is 3.26. The normalized spacial score (nSPS) is 20.1. The minimum absolute atomic E-state index is 0.0141. The minimum Gasteiger partial charge on any atom is -0.481 e. The van der Waals surface area contributed by atoms with Gasteiger partial charge in [0.25, 0.3) is 0 Å². The fourth-order valence-corrected chi connectivity index (χ4v) is 1.77. The Bertz CT molecular complexity index is 365. The maximum Gasteiger partial charge on any atom is 0.308 e. The summed E-state index contributed by atoms with van der Waals surface area (Å²) in [6.45, 7) is 5.81. The molecule has 0 radical (unpaired) electrons. The summed E-state index contributed by atoms with van der Waals surface area (Å²) in [6.07, 6.45) is 0.768.